The molecule has 1 amide bonds. The highest BCUT2D eigenvalue weighted by Crippen LogP contribution is 2.21. The molecule has 0 aromatic heterocycles. The molecule has 0 spiro atoms. The normalized spacial score (nSPS) is 18.3. The zero-order valence-corrected chi connectivity index (χ0v) is 15.8. The third-order valence-corrected chi connectivity index (χ3v) is 5.06. The summed E-state index contributed by atoms with van der Waals surface area (Å²) in [5.41, 5.74) is 4.10. The number of carbonyl (C=O) groups excluding carboxylic acids is 1. The average molecular weight is 381 g/mol. The minimum atomic E-state index is 0.0593. The third-order valence-electron chi connectivity index (χ3n) is 4.81. The molecule has 0 unspecified atom stereocenters. The number of nitrogens with zero attached hydrogens (tertiary/aromatic N) is 2. The summed E-state index contributed by atoms with van der Waals surface area (Å²) in [5, 5.41) is 0.642. The molecule has 138 valence electrons. The van der Waals surface area contributed by atoms with Crippen LogP contribution in [-0.4, -0.2) is 42.9 Å². The zero-order chi connectivity index (χ0) is 18.6. The van der Waals surface area contributed by atoms with Gasteiger partial charge in [0.05, 0.1) is 6.54 Å². The SMILES string of the molecule is O=C(c1ccc(Cl)cc1)N1CCCC(=Cc2ccc(C3=NCCO3)cc2)C1. The highest BCUT2D eigenvalue weighted by molar-refractivity contribution is 6.30. The zero-order valence-electron chi connectivity index (χ0n) is 15.0. The van der Waals surface area contributed by atoms with Crippen LogP contribution in [0.15, 0.2) is 59.1 Å². The van der Waals surface area contributed by atoms with Gasteiger partial charge in [0.1, 0.15) is 6.61 Å². The standard InChI is InChI=1S/C22H21ClN2O2/c23-20-9-7-19(8-10-20)22(26)25-12-1-2-17(15-25)14-16-3-5-18(6-4-16)21-24-11-13-27-21/h3-10,14H,1-2,11-13,15H2. The summed E-state index contributed by atoms with van der Waals surface area (Å²) in [7, 11) is 0. The molecular weight excluding hydrogens is 360 g/mol. The van der Waals surface area contributed by atoms with Crippen LogP contribution in [0.4, 0.5) is 0 Å². The van der Waals surface area contributed by atoms with Gasteiger partial charge in [-0.2, -0.15) is 0 Å². The number of carbonyl (C=O) groups is 1. The van der Waals surface area contributed by atoms with Crippen molar-refractivity contribution in [2.24, 2.45) is 4.99 Å². The lowest BCUT2D eigenvalue weighted by atomic mass is 10.0. The van der Waals surface area contributed by atoms with Crippen molar-refractivity contribution in [3.05, 3.63) is 75.8 Å². The number of ether oxygens (including phenoxy) is 1. The molecule has 4 nitrogen and oxygen atoms in total. The molecule has 5 heteroatoms. The smallest absolute Gasteiger partial charge is 0.254 e. The van der Waals surface area contributed by atoms with Crippen molar-refractivity contribution in [1.29, 1.82) is 0 Å². The Morgan fingerprint density at radius 3 is 2.59 bits per heavy atom. The van der Waals surface area contributed by atoms with Crippen LogP contribution in [0.25, 0.3) is 6.08 Å². The van der Waals surface area contributed by atoms with Crippen molar-refractivity contribution in [2.75, 3.05) is 26.2 Å². The number of rotatable bonds is 3. The summed E-state index contributed by atoms with van der Waals surface area (Å²) in [4.78, 5) is 19.0. The van der Waals surface area contributed by atoms with Gasteiger partial charge in [-0.05, 0) is 54.8 Å². The average Bonchev–Trinajstić information content (AvgIpc) is 3.24. The molecule has 0 atom stereocenters. The lowest BCUT2D eigenvalue weighted by Gasteiger charge is -2.29. The highest BCUT2D eigenvalue weighted by atomic mass is 35.5. The summed E-state index contributed by atoms with van der Waals surface area (Å²) in [6.07, 6.45) is 4.18. The van der Waals surface area contributed by atoms with Crippen LogP contribution in [0.1, 0.15) is 34.3 Å². The predicted octanol–water partition coefficient (Wildman–Crippen LogP) is 4.44. The van der Waals surface area contributed by atoms with Gasteiger partial charge >= 0.3 is 0 Å². The summed E-state index contributed by atoms with van der Waals surface area (Å²) >= 11 is 5.92. The van der Waals surface area contributed by atoms with Gasteiger partial charge in [-0.3, -0.25) is 4.79 Å². The lowest BCUT2D eigenvalue weighted by molar-refractivity contribution is 0.0753. The fourth-order valence-electron chi connectivity index (χ4n) is 3.43. The number of aliphatic imine (C=N–C) groups is 1. The second-order valence-corrected chi connectivity index (χ2v) is 7.23. The molecule has 1 saturated heterocycles. The van der Waals surface area contributed by atoms with Crippen molar-refractivity contribution in [3.63, 3.8) is 0 Å². The monoisotopic (exact) mass is 380 g/mol. The molecule has 0 bridgehead atoms. The topological polar surface area (TPSA) is 41.9 Å². The summed E-state index contributed by atoms with van der Waals surface area (Å²) < 4.78 is 5.50. The van der Waals surface area contributed by atoms with Crippen molar-refractivity contribution in [1.82, 2.24) is 4.90 Å². The molecule has 1 fully saturated rings. The van der Waals surface area contributed by atoms with Crippen LogP contribution in [0, 0.1) is 0 Å². The van der Waals surface area contributed by atoms with Crippen molar-refractivity contribution >= 4 is 29.5 Å². The minimum absolute atomic E-state index is 0.0593. The van der Waals surface area contributed by atoms with E-state index in [1.54, 1.807) is 24.3 Å². The fraction of sp³-hybridized carbons (Fsp3) is 0.273. The maximum atomic E-state index is 12.7. The molecule has 4 rings (SSSR count). The van der Waals surface area contributed by atoms with E-state index in [0.29, 0.717) is 23.7 Å². The van der Waals surface area contributed by atoms with Gasteiger partial charge in [-0.25, -0.2) is 4.99 Å². The highest BCUT2D eigenvalue weighted by Gasteiger charge is 2.20. The van der Waals surface area contributed by atoms with Crippen LogP contribution < -0.4 is 0 Å². The number of amides is 1. The number of hydrogen-bond acceptors (Lipinski definition) is 3. The molecule has 0 N–H and O–H groups in total. The Kier molecular flexibility index (Phi) is 5.26. The van der Waals surface area contributed by atoms with Crippen molar-refractivity contribution < 1.29 is 9.53 Å². The van der Waals surface area contributed by atoms with Crippen LogP contribution in [-0.2, 0) is 4.74 Å². The Labute approximate surface area is 164 Å². The van der Waals surface area contributed by atoms with E-state index in [2.05, 4.69) is 23.2 Å². The quantitative estimate of drug-likeness (QED) is 0.790. The van der Waals surface area contributed by atoms with Gasteiger partial charge < -0.3 is 9.64 Å². The van der Waals surface area contributed by atoms with Gasteiger partial charge in [0.2, 0.25) is 5.90 Å². The molecule has 2 aliphatic rings. The van der Waals surface area contributed by atoms with Crippen LogP contribution in [0.3, 0.4) is 0 Å². The molecule has 2 aliphatic heterocycles. The Hall–Kier alpha value is -2.59. The Morgan fingerprint density at radius 1 is 1.11 bits per heavy atom. The first-order chi connectivity index (χ1) is 13.2. The first-order valence-corrected chi connectivity index (χ1v) is 9.59. The van der Waals surface area contributed by atoms with E-state index in [1.165, 1.54) is 5.57 Å². The molecule has 0 radical (unpaired) electrons. The minimum Gasteiger partial charge on any atom is -0.476 e. The number of piperidine rings is 1. The number of hydrogen-bond donors (Lipinski definition) is 0. The third kappa shape index (κ3) is 4.22. The molecule has 0 saturated carbocycles. The number of benzene rings is 2. The van der Waals surface area contributed by atoms with Crippen LogP contribution in [0.5, 0.6) is 0 Å². The summed E-state index contributed by atoms with van der Waals surface area (Å²) in [5.74, 6) is 0.788. The Balaban J connectivity index is 1.45. The van der Waals surface area contributed by atoms with Gasteiger partial charge in [0, 0.05) is 29.2 Å². The maximum absolute atomic E-state index is 12.7. The molecule has 2 heterocycles. The van der Waals surface area contributed by atoms with E-state index in [1.807, 2.05) is 17.0 Å². The number of halogens is 1. The summed E-state index contributed by atoms with van der Waals surface area (Å²) in [6.45, 7) is 2.85. The second-order valence-electron chi connectivity index (χ2n) is 6.80. The number of likely N-dealkylation sites (tertiary alicyclic amines) is 1. The van der Waals surface area contributed by atoms with E-state index in [9.17, 15) is 4.79 Å². The first-order valence-electron chi connectivity index (χ1n) is 9.21. The second kappa shape index (κ2) is 7.97. The van der Waals surface area contributed by atoms with E-state index in [-0.39, 0.29) is 5.91 Å². The van der Waals surface area contributed by atoms with Crippen molar-refractivity contribution in [3.8, 4) is 0 Å². The van der Waals surface area contributed by atoms with E-state index >= 15 is 0 Å². The lowest BCUT2D eigenvalue weighted by Crippen LogP contribution is -2.36. The fourth-order valence-corrected chi connectivity index (χ4v) is 3.56. The Bertz CT molecular complexity index is 886. The molecule has 0 aliphatic carbocycles. The van der Waals surface area contributed by atoms with E-state index in [4.69, 9.17) is 16.3 Å². The van der Waals surface area contributed by atoms with Gasteiger partial charge in [0.15, 0.2) is 0 Å². The van der Waals surface area contributed by atoms with Crippen LogP contribution >= 0.6 is 11.6 Å². The molecular formula is C22H21ClN2O2. The molecule has 2 aromatic carbocycles. The molecule has 2 aromatic rings. The van der Waals surface area contributed by atoms with Crippen LogP contribution in [0.2, 0.25) is 5.02 Å². The maximum Gasteiger partial charge on any atom is 0.254 e. The first kappa shape index (κ1) is 17.8. The van der Waals surface area contributed by atoms with E-state index < -0.39 is 0 Å². The Morgan fingerprint density at radius 2 is 1.89 bits per heavy atom. The van der Waals surface area contributed by atoms with E-state index in [0.717, 1.165) is 43.0 Å². The predicted molar refractivity (Wildman–Crippen MR) is 108 cm³/mol. The van der Waals surface area contributed by atoms with Gasteiger partial charge in [-0.15, -0.1) is 0 Å². The van der Waals surface area contributed by atoms with Gasteiger partial charge in [-0.1, -0.05) is 35.4 Å². The van der Waals surface area contributed by atoms with Gasteiger partial charge in [0.25, 0.3) is 5.91 Å². The molecule has 27 heavy (non-hydrogen) atoms. The van der Waals surface area contributed by atoms with Crippen molar-refractivity contribution in [2.45, 2.75) is 12.8 Å². The summed E-state index contributed by atoms with van der Waals surface area (Å²) in [6, 6.07) is 15.3. The largest absolute Gasteiger partial charge is 0.476 e.